The van der Waals surface area contributed by atoms with E-state index in [1.807, 2.05) is 13.8 Å². The van der Waals surface area contributed by atoms with E-state index in [-0.39, 0.29) is 15.8 Å². The minimum Gasteiger partial charge on any atom is -0.338 e. The normalized spacial score (nSPS) is 18.0. The number of nitrogens with two attached hydrogens (primary N) is 1. The van der Waals surface area contributed by atoms with Gasteiger partial charge in [-0.1, -0.05) is 12.1 Å². The number of hydrogen-bond donors (Lipinski definition) is 1. The van der Waals surface area contributed by atoms with Gasteiger partial charge >= 0.3 is 0 Å². The molecule has 0 amide bonds. The van der Waals surface area contributed by atoms with Gasteiger partial charge in [0, 0.05) is 32.6 Å². The van der Waals surface area contributed by atoms with Gasteiger partial charge < -0.3 is 4.52 Å². The Morgan fingerprint density at radius 3 is 2.21 bits per heavy atom. The van der Waals surface area contributed by atoms with E-state index < -0.39 is 20.0 Å². The number of sulfonamides is 2. The van der Waals surface area contributed by atoms with E-state index in [1.165, 1.54) is 28.6 Å². The molecule has 2 aromatic rings. The molecule has 10 nitrogen and oxygen atoms in total. The molecule has 1 atom stereocenters. The molecule has 0 saturated carbocycles. The van der Waals surface area contributed by atoms with Crippen molar-refractivity contribution in [2.45, 2.75) is 42.5 Å². The second-order valence-corrected chi connectivity index (χ2v) is 10.4. The summed E-state index contributed by atoms with van der Waals surface area (Å²) in [6, 6.07) is 4.82. The highest BCUT2D eigenvalue weighted by atomic mass is 32.2. The molecule has 29 heavy (non-hydrogen) atoms. The van der Waals surface area contributed by atoms with Crippen molar-refractivity contribution in [2.24, 2.45) is 5.14 Å². The molecular weight excluding hydrogens is 418 g/mol. The van der Waals surface area contributed by atoms with Crippen molar-refractivity contribution in [3.8, 4) is 0 Å². The van der Waals surface area contributed by atoms with Gasteiger partial charge in [0.05, 0.1) is 15.8 Å². The number of primary sulfonamides is 1. The van der Waals surface area contributed by atoms with E-state index in [0.29, 0.717) is 37.9 Å². The van der Waals surface area contributed by atoms with Gasteiger partial charge in [0.2, 0.25) is 25.9 Å². The van der Waals surface area contributed by atoms with Crippen LogP contribution in [0.4, 0.5) is 0 Å². The number of hydrogen-bond acceptors (Lipinski definition) is 8. The van der Waals surface area contributed by atoms with Crippen molar-refractivity contribution in [1.29, 1.82) is 0 Å². The molecule has 1 fully saturated rings. The molecule has 1 aromatic carbocycles. The molecule has 160 valence electrons. The Bertz CT molecular complexity index is 1040. The average Bonchev–Trinajstić information content (AvgIpc) is 3.16. The highest BCUT2D eigenvalue weighted by Crippen LogP contribution is 2.24. The largest absolute Gasteiger partial charge is 0.338 e. The number of benzene rings is 1. The highest BCUT2D eigenvalue weighted by Gasteiger charge is 2.32. The number of nitrogens with zero attached hydrogens (tertiary/aromatic N) is 4. The standard InChI is InChI=1S/C17H25N5O5S2/c1-3-4-16-19-17(27-20-16)13(2)21-9-11-22(12-10-21)29(25,26)15-7-5-14(6-8-15)28(18,23)24/h5-8,13H,3-4,9-12H2,1-2H3,(H2,18,23,24). The molecule has 1 aromatic heterocycles. The first kappa shape index (κ1) is 21.8. The molecule has 1 aliphatic heterocycles. The second kappa shape index (κ2) is 8.48. The number of piperazine rings is 1. The van der Waals surface area contributed by atoms with Gasteiger partial charge in [-0.05, 0) is 37.6 Å². The minimum atomic E-state index is -3.87. The summed E-state index contributed by atoms with van der Waals surface area (Å²) in [6.45, 7) is 5.64. The third-order valence-corrected chi connectivity index (χ3v) is 7.77. The van der Waals surface area contributed by atoms with Crippen molar-refractivity contribution < 1.29 is 21.4 Å². The molecule has 0 spiro atoms. The fourth-order valence-corrected chi connectivity index (χ4v) is 5.14. The van der Waals surface area contributed by atoms with Gasteiger partial charge in [-0.15, -0.1) is 0 Å². The third-order valence-electron chi connectivity index (χ3n) is 4.93. The van der Waals surface area contributed by atoms with E-state index >= 15 is 0 Å². The fourth-order valence-electron chi connectivity index (χ4n) is 3.20. The van der Waals surface area contributed by atoms with E-state index in [0.717, 1.165) is 12.8 Å². The maximum atomic E-state index is 12.9. The monoisotopic (exact) mass is 443 g/mol. The van der Waals surface area contributed by atoms with Gasteiger partial charge in [0.1, 0.15) is 0 Å². The number of aryl methyl sites for hydroxylation is 1. The fraction of sp³-hybridized carbons (Fsp3) is 0.529. The maximum absolute atomic E-state index is 12.9. The smallest absolute Gasteiger partial charge is 0.243 e. The van der Waals surface area contributed by atoms with Crippen LogP contribution in [0.1, 0.15) is 38.0 Å². The summed E-state index contributed by atoms with van der Waals surface area (Å²) in [6.07, 6.45) is 1.69. The summed E-state index contributed by atoms with van der Waals surface area (Å²) in [7, 11) is -7.59. The van der Waals surface area contributed by atoms with E-state index in [1.54, 1.807) is 0 Å². The number of rotatable bonds is 7. The molecule has 0 radical (unpaired) electrons. The van der Waals surface area contributed by atoms with Crippen molar-refractivity contribution in [3.63, 3.8) is 0 Å². The molecule has 0 bridgehead atoms. The van der Waals surface area contributed by atoms with Crippen LogP contribution in [0, 0.1) is 0 Å². The van der Waals surface area contributed by atoms with Crippen molar-refractivity contribution >= 4 is 20.0 Å². The Hall–Kier alpha value is -1.86. The van der Waals surface area contributed by atoms with Crippen LogP contribution in [-0.4, -0.2) is 62.4 Å². The Kier molecular flexibility index (Phi) is 6.39. The van der Waals surface area contributed by atoms with Gasteiger partial charge in [-0.25, -0.2) is 22.0 Å². The zero-order chi connectivity index (χ0) is 21.2. The average molecular weight is 444 g/mol. The Morgan fingerprint density at radius 2 is 1.66 bits per heavy atom. The first-order valence-electron chi connectivity index (χ1n) is 9.32. The summed E-state index contributed by atoms with van der Waals surface area (Å²) >= 11 is 0. The van der Waals surface area contributed by atoms with Crippen LogP contribution in [-0.2, 0) is 26.5 Å². The highest BCUT2D eigenvalue weighted by molar-refractivity contribution is 7.89. The predicted molar refractivity (Wildman–Crippen MR) is 105 cm³/mol. The zero-order valence-corrected chi connectivity index (χ0v) is 18.0. The van der Waals surface area contributed by atoms with Gasteiger partial charge in [0.25, 0.3) is 0 Å². The minimum absolute atomic E-state index is 0.0347. The van der Waals surface area contributed by atoms with Crippen LogP contribution < -0.4 is 5.14 Å². The topological polar surface area (TPSA) is 140 Å². The van der Waals surface area contributed by atoms with Crippen LogP contribution >= 0.6 is 0 Å². The molecule has 3 rings (SSSR count). The SMILES string of the molecule is CCCc1noc(C(C)N2CCN(S(=O)(=O)c3ccc(S(N)(=O)=O)cc3)CC2)n1. The lowest BCUT2D eigenvalue weighted by atomic mass is 10.2. The number of aromatic nitrogens is 2. The van der Waals surface area contributed by atoms with Gasteiger partial charge in [0.15, 0.2) is 5.82 Å². The molecule has 1 aliphatic rings. The predicted octanol–water partition coefficient (Wildman–Crippen LogP) is 0.737. The van der Waals surface area contributed by atoms with Crippen LogP contribution in [0.15, 0.2) is 38.6 Å². The van der Waals surface area contributed by atoms with E-state index in [2.05, 4.69) is 15.0 Å². The molecule has 1 unspecified atom stereocenters. The van der Waals surface area contributed by atoms with Crippen LogP contribution in [0.25, 0.3) is 0 Å². The molecule has 12 heteroatoms. The molecule has 2 N–H and O–H groups in total. The Balaban J connectivity index is 1.66. The maximum Gasteiger partial charge on any atom is 0.243 e. The Morgan fingerprint density at radius 1 is 1.07 bits per heavy atom. The molecule has 0 aliphatic carbocycles. The van der Waals surface area contributed by atoms with Crippen molar-refractivity contribution in [3.05, 3.63) is 36.0 Å². The summed E-state index contributed by atoms with van der Waals surface area (Å²) < 4.78 is 55.1. The quantitative estimate of drug-likeness (QED) is 0.661. The molecule has 1 saturated heterocycles. The summed E-state index contributed by atoms with van der Waals surface area (Å²) in [5.74, 6) is 1.21. The zero-order valence-electron chi connectivity index (χ0n) is 16.4. The van der Waals surface area contributed by atoms with Crippen LogP contribution in [0.3, 0.4) is 0 Å². The summed E-state index contributed by atoms with van der Waals surface area (Å²) in [5, 5.41) is 9.03. The first-order valence-corrected chi connectivity index (χ1v) is 12.3. The second-order valence-electron chi connectivity index (χ2n) is 6.93. The van der Waals surface area contributed by atoms with Gasteiger partial charge in [-0.2, -0.15) is 9.29 Å². The van der Waals surface area contributed by atoms with Gasteiger partial charge in [-0.3, -0.25) is 4.90 Å². The Labute approximate surface area is 170 Å². The lowest BCUT2D eigenvalue weighted by molar-refractivity contribution is 0.124. The summed E-state index contributed by atoms with van der Waals surface area (Å²) in [4.78, 5) is 6.41. The van der Waals surface area contributed by atoms with Crippen molar-refractivity contribution in [1.82, 2.24) is 19.3 Å². The lowest BCUT2D eigenvalue weighted by Crippen LogP contribution is -2.49. The van der Waals surface area contributed by atoms with E-state index in [4.69, 9.17) is 9.66 Å². The third kappa shape index (κ3) is 4.83. The van der Waals surface area contributed by atoms with Crippen LogP contribution in [0.2, 0.25) is 0 Å². The van der Waals surface area contributed by atoms with E-state index in [9.17, 15) is 16.8 Å². The molecule has 2 heterocycles. The van der Waals surface area contributed by atoms with Crippen LogP contribution in [0.5, 0.6) is 0 Å². The first-order chi connectivity index (χ1) is 13.6. The molecular formula is C17H25N5O5S2. The van der Waals surface area contributed by atoms with Crippen molar-refractivity contribution in [2.75, 3.05) is 26.2 Å². The summed E-state index contributed by atoms with van der Waals surface area (Å²) in [5.41, 5.74) is 0. The lowest BCUT2D eigenvalue weighted by Gasteiger charge is -2.36.